The van der Waals surface area contributed by atoms with Gasteiger partial charge in [-0.15, -0.1) is 11.3 Å². The van der Waals surface area contributed by atoms with Crippen molar-refractivity contribution in [2.75, 3.05) is 6.61 Å². The first-order chi connectivity index (χ1) is 10.2. The predicted molar refractivity (Wildman–Crippen MR) is 85.1 cm³/mol. The minimum Gasteiger partial charge on any atom is -0.493 e. The number of aryl methyl sites for hydroxylation is 2. The number of benzene rings is 1. The van der Waals surface area contributed by atoms with Gasteiger partial charge in [0.05, 0.1) is 28.8 Å². The summed E-state index contributed by atoms with van der Waals surface area (Å²) in [5.41, 5.74) is 3.55. The molecule has 0 radical (unpaired) electrons. The molecule has 1 aromatic carbocycles. The number of rotatable bonds is 6. The van der Waals surface area contributed by atoms with E-state index in [0.29, 0.717) is 12.5 Å². The molecule has 1 aliphatic carbocycles. The smallest absolute Gasteiger partial charge is 0.122 e. The lowest BCUT2D eigenvalue weighted by Gasteiger charge is -2.08. The molecule has 0 atom stereocenters. The number of aliphatic hydroxyl groups is 1. The molecule has 1 aromatic heterocycles. The Morgan fingerprint density at radius 2 is 2.14 bits per heavy atom. The van der Waals surface area contributed by atoms with Gasteiger partial charge in [0, 0.05) is 12.3 Å². The molecule has 0 bridgehead atoms. The van der Waals surface area contributed by atoms with Crippen molar-refractivity contribution in [3.05, 3.63) is 44.9 Å². The molecular weight excluding hydrogens is 282 g/mol. The Morgan fingerprint density at radius 1 is 1.33 bits per heavy atom. The van der Waals surface area contributed by atoms with E-state index in [9.17, 15) is 5.11 Å². The van der Waals surface area contributed by atoms with Crippen LogP contribution in [0.4, 0.5) is 0 Å². The fraction of sp³-hybridized carbons (Fsp3) is 0.471. The molecule has 3 nitrogen and oxygen atoms in total. The van der Waals surface area contributed by atoms with Crippen LogP contribution in [0, 0.1) is 13.8 Å². The highest BCUT2D eigenvalue weighted by Crippen LogP contribution is 2.42. The molecule has 1 fully saturated rings. The van der Waals surface area contributed by atoms with Gasteiger partial charge in [-0.25, -0.2) is 4.98 Å². The first-order valence-corrected chi connectivity index (χ1v) is 8.28. The van der Waals surface area contributed by atoms with Crippen LogP contribution in [0.3, 0.4) is 0 Å². The fourth-order valence-corrected chi connectivity index (χ4v) is 3.51. The zero-order chi connectivity index (χ0) is 14.8. The van der Waals surface area contributed by atoms with Gasteiger partial charge < -0.3 is 9.84 Å². The molecule has 4 heteroatoms. The van der Waals surface area contributed by atoms with Gasteiger partial charge in [0.15, 0.2) is 0 Å². The Morgan fingerprint density at radius 3 is 2.81 bits per heavy atom. The summed E-state index contributed by atoms with van der Waals surface area (Å²) < 4.78 is 5.86. The molecule has 1 heterocycles. The van der Waals surface area contributed by atoms with Crippen LogP contribution >= 0.6 is 11.3 Å². The van der Waals surface area contributed by atoms with Gasteiger partial charge >= 0.3 is 0 Å². The minimum absolute atomic E-state index is 0.113. The molecule has 21 heavy (non-hydrogen) atoms. The van der Waals surface area contributed by atoms with Crippen LogP contribution in [-0.4, -0.2) is 16.7 Å². The molecular formula is C17H21NO2S. The van der Waals surface area contributed by atoms with Gasteiger partial charge in [-0.3, -0.25) is 0 Å². The van der Waals surface area contributed by atoms with E-state index in [2.05, 4.69) is 31.0 Å². The van der Waals surface area contributed by atoms with E-state index in [-0.39, 0.29) is 6.61 Å². The van der Waals surface area contributed by atoms with Crippen LogP contribution in [0.25, 0.3) is 0 Å². The SMILES string of the molecule is Cc1ccc(OCCc2nc(C3CC3)c(CO)s2)c(C)c1. The molecule has 112 valence electrons. The van der Waals surface area contributed by atoms with E-state index >= 15 is 0 Å². The Balaban J connectivity index is 1.60. The lowest BCUT2D eigenvalue weighted by atomic mass is 10.1. The van der Waals surface area contributed by atoms with Crippen molar-refractivity contribution in [1.29, 1.82) is 0 Å². The summed E-state index contributed by atoms with van der Waals surface area (Å²) in [4.78, 5) is 5.73. The second kappa shape index (κ2) is 6.16. The van der Waals surface area contributed by atoms with Gasteiger partial charge in [0.2, 0.25) is 0 Å². The van der Waals surface area contributed by atoms with E-state index in [1.165, 1.54) is 24.0 Å². The van der Waals surface area contributed by atoms with Crippen molar-refractivity contribution >= 4 is 11.3 Å². The Kier molecular flexibility index (Phi) is 4.27. The van der Waals surface area contributed by atoms with Crippen molar-refractivity contribution in [1.82, 2.24) is 4.98 Å². The molecule has 1 saturated carbocycles. The summed E-state index contributed by atoms with van der Waals surface area (Å²) >= 11 is 1.63. The second-order valence-electron chi connectivity index (χ2n) is 5.72. The van der Waals surface area contributed by atoms with Crippen molar-refractivity contribution in [2.24, 2.45) is 0 Å². The molecule has 0 aliphatic heterocycles. The lowest BCUT2D eigenvalue weighted by molar-refractivity contribution is 0.284. The maximum atomic E-state index is 9.41. The number of hydrogen-bond acceptors (Lipinski definition) is 4. The quantitative estimate of drug-likeness (QED) is 0.883. The number of hydrogen-bond donors (Lipinski definition) is 1. The average molecular weight is 303 g/mol. The van der Waals surface area contributed by atoms with E-state index in [4.69, 9.17) is 4.74 Å². The van der Waals surface area contributed by atoms with Crippen LogP contribution in [0.1, 0.15) is 45.5 Å². The summed E-state index contributed by atoms with van der Waals surface area (Å²) in [7, 11) is 0. The third-order valence-corrected chi connectivity index (χ3v) is 4.90. The molecule has 1 aliphatic rings. The first kappa shape index (κ1) is 14.5. The number of aromatic nitrogens is 1. The summed E-state index contributed by atoms with van der Waals surface area (Å²) in [5.74, 6) is 1.54. The topological polar surface area (TPSA) is 42.4 Å². The fourth-order valence-electron chi connectivity index (χ4n) is 2.52. The maximum Gasteiger partial charge on any atom is 0.122 e. The normalized spacial score (nSPS) is 14.4. The van der Waals surface area contributed by atoms with Crippen molar-refractivity contribution in [3.8, 4) is 5.75 Å². The Hall–Kier alpha value is -1.39. The second-order valence-corrected chi connectivity index (χ2v) is 6.88. The van der Waals surface area contributed by atoms with E-state index in [1.54, 1.807) is 11.3 Å². The molecule has 1 N–H and O–H groups in total. The molecule has 0 spiro atoms. The number of thiazole rings is 1. The summed E-state index contributed by atoms with van der Waals surface area (Å²) in [6, 6.07) is 6.23. The summed E-state index contributed by atoms with van der Waals surface area (Å²) in [6.45, 7) is 4.90. The van der Waals surface area contributed by atoms with E-state index in [1.807, 2.05) is 6.07 Å². The Bertz CT molecular complexity index is 632. The van der Waals surface area contributed by atoms with Crippen LogP contribution in [0.2, 0.25) is 0 Å². The van der Waals surface area contributed by atoms with Crippen LogP contribution in [0.5, 0.6) is 5.75 Å². The molecule has 3 rings (SSSR count). The summed E-state index contributed by atoms with van der Waals surface area (Å²) in [6.07, 6.45) is 3.24. The number of aliphatic hydroxyl groups excluding tert-OH is 1. The van der Waals surface area contributed by atoms with Crippen molar-refractivity contribution < 1.29 is 9.84 Å². The zero-order valence-corrected chi connectivity index (χ0v) is 13.4. The van der Waals surface area contributed by atoms with Gasteiger partial charge in [-0.2, -0.15) is 0 Å². The van der Waals surface area contributed by atoms with Crippen LogP contribution in [-0.2, 0) is 13.0 Å². The van der Waals surface area contributed by atoms with Crippen LogP contribution < -0.4 is 4.74 Å². The highest BCUT2D eigenvalue weighted by Gasteiger charge is 2.29. The van der Waals surface area contributed by atoms with Crippen molar-refractivity contribution in [2.45, 2.75) is 45.6 Å². The molecule has 2 aromatic rings. The highest BCUT2D eigenvalue weighted by molar-refractivity contribution is 7.11. The first-order valence-electron chi connectivity index (χ1n) is 7.46. The molecule has 0 saturated heterocycles. The van der Waals surface area contributed by atoms with E-state index in [0.717, 1.165) is 27.7 Å². The average Bonchev–Trinajstić information content (AvgIpc) is 3.22. The van der Waals surface area contributed by atoms with Crippen molar-refractivity contribution in [3.63, 3.8) is 0 Å². The molecule has 0 amide bonds. The van der Waals surface area contributed by atoms with Gasteiger partial charge in [0.25, 0.3) is 0 Å². The standard InChI is InChI=1S/C17H21NO2S/c1-11-3-6-14(12(2)9-11)20-8-7-16-18-17(13-4-5-13)15(10-19)21-16/h3,6,9,13,19H,4-5,7-8,10H2,1-2H3. The van der Waals surface area contributed by atoms with Gasteiger partial charge in [-0.05, 0) is 38.3 Å². The van der Waals surface area contributed by atoms with E-state index < -0.39 is 0 Å². The lowest BCUT2D eigenvalue weighted by Crippen LogP contribution is -2.02. The third-order valence-electron chi connectivity index (χ3n) is 3.78. The molecule has 0 unspecified atom stereocenters. The van der Waals surface area contributed by atoms with Gasteiger partial charge in [0.1, 0.15) is 5.75 Å². The Labute approximate surface area is 129 Å². The third kappa shape index (κ3) is 3.44. The zero-order valence-electron chi connectivity index (χ0n) is 12.6. The summed E-state index contributed by atoms with van der Waals surface area (Å²) in [5, 5.41) is 10.5. The minimum atomic E-state index is 0.113. The van der Waals surface area contributed by atoms with Crippen LogP contribution in [0.15, 0.2) is 18.2 Å². The number of nitrogens with zero attached hydrogens (tertiary/aromatic N) is 1. The van der Waals surface area contributed by atoms with Gasteiger partial charge in [-0.1, -0.05) is 17.7 Å². The number of ether oxygens (including phenoxy) is 1. The largest absolute Gasteiger partial charge is 0.493 e. The maximum absolute atomic E-state index is 9.41. The highest BCUT2D eigenvalue weighted by atomic mass is 32.1. The monoisotopic (exact) mass is 303 g/mol. The predicted octanol–water partition coefficient (Wildman–Crippen LogP) is 3.75.